The molecule has 0 rings (SSSR count). The number of aliphatic hydroxyl groups is 1. The zero-order valence-corrected chi connectivity index (χ0v) is 7.89. The first-order chi connectivity index (χ1) is 5.78. The Kier molecular flexibility index (Phi) is 4.52. The molecule has 0 saturated heterocycles. The molecule has 0 aromatic rings. The summed E-state index contributed by atoms with van der Waals surface area (Å²) >= 11 is 0. The molecule has 1 unspecified atom stereocenters. The van der Waals surface area contributed by atoms with Gasteiger partial charge in [-0.3, -0.25) is 14.3 Å². The van der Waals surface area contributed by atoms with Crippen molar-refractivity contribution in [3.05, 3.63) is 0 Å². The van der Waals surface area contributed by atoms with Crippen LogP contribution in [0.5, 0.6) is 0 Å². The number of nitrogens with zero attached hydrogens (tertiary/aromatic N) is 1. The summed E-state index contributed by atoms with van der Waals surface area (Å²) in [5, 5.41) is 17.1. The minimum atomic E-state index is -4.28. The van der Waals surface area contributed by atoms with Gasteiger partial charge < -0.3 is 20.0 Å². The standard InChI is InChI=1S/C5H12NO6P/c1-6(3-13(10,11)12)4(2-7)5(8)9/h4,7H,2-3H2,1H3,(H,8,9)(H2,10,11,12). The van der Waals surface area contributed by atoms with Crippen LogP contribution in [0.2, 0.25) is 0 Å². The highest BCUT2D eigenvalue weighted by atomic mass is 31.2. The summed E-state index contributed by atoms with van der Waals surface area (Å²) in [5.41, 5.74) is 0. The lowest BCUT2D eigenvalue weighted by Gasteiger charge is -2.22. The zero-order chi connectivity index (χ0) is 10.6. The Hall–Kier alpha value is -0.460. The summed E-state index contributed by atoms with van der Waals surface area (Å²) in [4.78, 5) is 28.3. The highest BCUT2D eigenvalue weighted by Crippen LogP contribution is 2.35. The molecule has 0 saturated carbocycles. The van der Waals surface area contributed by atoms with Gasteiger partial charge in [-0.15, -0.1) is 0 Å². The van der Waals surface area contributed by atoms with Crippen LogP contribution >= 0.6 is 7.60 Å². The van der Waals surface area contributed by atoms with Crippen molar-refractivity contribution in [1.29, 1.82) is 0 Å². The molecular weight excluding hydrogens is 201 g/mol. The lowest BCUT2D eigenvalue weighted by molar-refractivity contribution is -0.143. The van der Waals surface area contributed by atoms with E-state index in [4.69, 9.17) is 20.0 Å². The fourth-order valence-electron chi connectivity index (χ4n) is 0.795. The average Bonchev–Trinajstić information content (AvgIpc) is 1.82. The van der Waals surface area contributed by atoms with Crippen LogP contribution in [0, 0.1) is 0 Å². The Morgan fingerprint density at radius 1 is 1.54 bits per heavy atom. The van der Waals surface area contributed by atoms with Gasteiger partial charge in [0.2, 0.25) is 0 Å². The minimum absolute atomic E-state index is 0.689. The second-order valence-corrected chi connectivity index (χ2v) is 4.21. The summed E-state index contributed by atoms with van der Waals surface area (Å²) in [6.07, 6.45) is -0.690. The van der Waals surface area contributed by atoms with Crippen LogP contribution in [0.1, 0.15) is 0 Å². The van der Waals surface area contributed by atoms with Gasteiger partial charge in [0.15, 0.2) is 0 Å². The summed E-state index contributed by atoms with van der Waals surface area (Å²) < 4.78 is 10.5. The lowest BCUT2D eigenvalue weighted by Crippen LogP contribution is -2.41. The van der Waals surface area contributed by atoms with Gasteiger partial charge in [0, 0.05) is 0 Å². The molecule has 0 aromatic heterocycles. The monoisotopic (exact) mass is 213 g/mol. The maximum absolute atomic E-state index is 10.5. The number of hydrogen-bond donors (Lipinski definition) is 4. The van der Waals surface area contributed by atoms with E-state index in [1.807, 2.05) is 0 Å². The molecule has 0 bridgehead atoms. The molecule has 0 amide bonds. The molecule has 4 N–H and O–H groups in total. The number of aliphatic hydroxyl groups excluding tert-OH is 1. The van der Waals surface area contributed by atoms with E-state index in [9.17, 15) is 9.36 Å². The van der Waals surface area contributed by atoms with Crippen LogP contribution in [0.4, 0.5) is 0 Å². The molecule has 7 nitrogen and oxygen atoms in total. The highest BCUT2D eigenvalue weighted by Gasteiger charge is 2.26. The predicted octanol–water partition coefficient (Wildman–Crippen LogP) is -1.50. The van der Waals surface area contributed by atoms with Crippen molar-refractivity contribution in [1.82, 2.24) is 4.90 Å². The van der Waals surface area contributed by atoms with Crippen LogP contribution < -0.4 is 0 Å². The first-order valence-electron chi connectivity index (χ1n) is 3.36. The molecular formula is C5H12NO6P. The number of carboxylic acid groups (broad SMARTS) is 1. The van der Waals surface area contributed by atoms with Crippen molar-refractivity contribution in [2.45, 2.75) is 6.04 Å². The van der Waals surface area contributed by atoms with Gasteiger partial charge in [0.1, 0.15) is 12.3 Å². The Morgan fingerprint density at radius 3 is 2.23 bits per heavy atom. The smallest absolute Gasteiger partial charge is 0.339 e. The first-order valence-corrected chi connectivity index (χ1v) is 5.16. The van der Waals surface area contributed by atoms with E-state index >= 15 is 0 Å². The van der Waals surface area contributed by atoms with E-state index in [0.29, 0.717) is 0 Å². The van der Waals surface area contributed by atoms with Crippen LogP contribution in [-0.2, 0) is 9.36 Å². The number of rotatable bonds is 5. The van der Waals surface area contributed by atoms with Gasteiger partial charge in [-0.05, 0) is 7.05 Å². The van der Waals surface area contributed by atoms with E-state index in [1.54, 1.807) is 0 Å². The second-order valence-electron chi connectivity index (χ2n) is 2.60. The topological polar surface area (TPSA) is 118 Å². The van der Waals surface area contributed by atoms with Crippen LogP contribution in [0.25, 0.3) is 0 Å². The number of likely N-dealkylation sites (N-methyl/N-ethyl adjacent to an activating group) is 1. The first kappa shape index (κ1) is 12.5. The third-order valence-electron chi connectivity index (χ3n) is 1.40. The van der Waals surface area contributed by atoms with E-state index in [0.717, 1.165) is 4.90 Å². The Morgan fingerprint density at radius 2 is 2.00 bits per heavy atom. The van der Waals surface area contributed by atoms with Crippen molar-refractivity contribution in [3.8, 4) is 0 Å². The van der Waals surface area contributed by atoms with Crippen molar-refractivity contribution < 1.29 is 29.4 Å². The molecule has 78 valence electrons. The maximum atomic E-state index is 10.5. The van der Waals surface area contributed by atoms with E-state index in [-0.39, 0.29) is 0 Å². The Balaban J connectivity index is 4.31. The van der Waals surface area contributed by atoms with Crippen LogP contribution in [-0.4, -0.2) is 56.9 Å². The average molecular weight is 213 g/mol. The fourth-order valence-corrected chi connectivity index (χ4v) is 1.57. The Bertz CT molecular complexity index is 225. The molecule has 0 aliphatic carbocycles. The summed E-state index contributed by atoms with van der Waals surface area (Å²) in [7, 11) is -3.06. The second kappa shape index (κ2) is 4.69. The van der Waals surface area contributed by atoms with Gasteiger partial charge >= 0.3 is 13.6 Å². The van der Waals surface area contributed by atoms with E-state index in [1.165, 1.54) is 7.05 Å². The van der Waals surface area contributed by atoms with Gasteiger partial charge in [0.25, 0.3) is 0 Å². The summed E-state index contributed by atoms with van der Waals surface area (Å²) in [6, 6.07) is -1.28. The maximum Gasteiger partial charge on any atom is 0.339 e. The molecule has 8 heteroatoms. The molecule has 0 heterocycles. The molecule has 0 aliphatic heterocycles. The van der Waals surface area contributed by atoms with Gasteiger partial charge in [0.05, 0.1) is 6.61 Å². The molecule has 0 spiro atoms. The number of hydrogen-bond acceptors (Lipinski definition) is 4. The quantitative estimate of drug-likeness (QED) is 0.410. The summed E-state index contributed by atoms with van der Waals surface area (Å²) in [5.74, 6) is -1.32. The summed E-state index contributed by atoms with van der Waals surface area (Å²) in [6.45, 7) is -0.689. The minimum Gasteiger partial charge on any atom is -0.480 e. The molecule has 0 aromatic carbocycles. The van der Waals surface area contributed by atoms with E-state index < -0.39 is 32.5 Å². The highest BCUT2D eigenvalue weighted by molar-refractivity contribution is 7.51. The largest absolute Gasteiger partial charge is 0.480 e. The van der Waals surface area contributed by atoms with Crippen molar-refractivity contribution in [2.24, 2.45) is 0 Å². The Labute approximate surface area is 74.8 Å². The number of carbonyl (C=O) groups is 1. The third kappa shape index (κ3) is 4.97. The van der Waals surface area contributed by atoms with Gasteiger partial charge in [-0.25, -0.2) is 0 Å². The van der Waals surface area contributed by atoms with Gasteiger partial charge in [-0.1, -0.05) is 0 Å². The number of carboxylic acids is 1. The van der Waals surface area contributed by atoms with Crippen LogP contribution in [0.15, 0.2) is 0 Å². The van der Waals surface area contributed by atoms with E-state index in [2.05, 4.69) is 0 Å². The fraction of sp³-hybridized carbons (Fsp3) is 0.800. The third-order valence-corrected chi connectivity index (χ3v) is 2.21. The molecule has 13 heavy (non-hydrogen) atoms. The normalized spacial score (nSPS) is 14.5. The molecule has 1 atom stereocenters. The van der Waals surface area contributed by atoms with Crippen molar-refractivity contribution in [3.63, 3.8) is 0 Å². The SMILES string of the molecule is CN(CP(=O)(O)O)C(CO)C(=O)O. The van der Waals surface area contributed by atoms with Gasteiger partial charge in [-0.2, -0.15) is 0 Å². The number of aliphatic carboxylic acids is 1. The lowest BCUT2D eigenvalue weighted by atomic mass is 10.3. The van der Waals surface area contributed by atoms with Crippen molar-refractivity contribution >= 4 is 13.6 Å². The zero-order valence-electron chi connectivity index (χ0n) is 6.99. The molecule has 0 aliphatic rings. The van der Waals surface area contributed by atoms with Crippen molar-refractivity contribution in [2.75, 3.05) is 19.9 Å². The molecule has 0 radical (unpaired) electrons. The van der Waals surface area contributed by atoms with Crippen LogP contribution in [0.3, 0.4) is 0 Å². The predicted molar refractivity (Wildman–Crippen MR) is 43.2 cm³/mol. The molecule has 0 fully saturated rings.